The summed E-state index contributed by atoms with van der Waals surface area (Å²) in [5.41, 5.74) is 9.97. The molecule has 0 bridgehead atoms. The van der Waals surface area contributed by atoms with E-state index in [-0.39, 0.29) is 12.3 Å². The quantitative estimate of drug-likeness (QED) is 0.627. The number of halogens is 1. The highest BCUT2D eigenvalue weighted by atomic mass is 19.1. The summed E-state index contributed by atoms with van der Waals surface area (Å²) in [5.74, 6) is -0.368. The molecule has 0 amide bonds. The minimum absolute atomic E-state index is 0.194. The number of hydrogen-bond acceptors (Lipinski definition) is 3. The van der Waals surface area contributed by atoms with Gasteiger partial charge in [0.15, 0.2) is 0 Å². The SMILES string of the molecule is CC.CC(=O)C(N)C(F)CN. The first-order valence-electron chi connectivity index (χ1n) is 3.69. The molecule has 0 saturated carbocycles. The molecule has 3 nitrogen and oxygen atoms in total. The molecule has 4 N–H and O–H groups in total. The lowest BCUT2D eigenvalue weighted by molar-refractivity contribution is -0.119. The van der Waals surface area contributed by atoms with Crippen molar-refractivity contribution >= 4 is 5.78 Å². The number of Topliss-reactive ketones (excluding diaryl/α,β-unsaturated/α-hetero) is 1. The van der Waals surface area contributed by atoms with Crippen molar-refractivity contribution in [2.45, 2.75) is 33.0 Å². The summed E-state index contributed by atoms with van der Waals surface area (Å²) in [6.45, 7) is 5.05. The topological polar surface area (TPSA) is 69.1 Å². The second-order valence-corrected chi connectivity index (χ2v) is 1.89. The van der Waals surface area contributed by atoms with Gasteiger partial charge in [-0.3, -0.25) is 4.79 Å². The molecular formula is C7H17FN2O. The number of hydrogen-bond donors (Lipinski definition) is 2. The van der Waals surface area contributed by atoms with Gasteiger partial charge in [0.1, 0.15) is 12.0 Å². The Kier molecular flexibility index (Phi) is 9.10. The number of carbonyl (C=O) groups excluding carboxylic acids is 1. The average Bonchev–Trinajstić information content (AvgIpc) is 2.05. The van der Waals surface area contributed by atoms with Gasteiger partial charge in [-0.25, -0.2) is 4.39 Å². The highest BCUT2D eigenvalue weighted by Gasteiger charge is 2.18. The van der Waals surface area contributed by atoms with Crippen molar-refractivity contribution in [3.63, 3.8) is 0 Å². The van der Waals surface area contributed by atoms with Crippen molar-refractivity contribution in [1.82, 2.24) is 0 Å². The molecule has 0 aliphatic carbocycles. The molecule has 0 fully saturated rings. The minimum Gasteiger partial charge on any atom is -0.328 e. The highest BCUT2D eigenvalue weighted by molar-refractivity contribution is 5.81. The molecule has 0 aromatic rings. The third-order valence-corrected chi connectivity index (χ3v) is 1.08. The third-order valence-electron chi connectivity index (χ3n) is 1.08. The first-order chi connectivity index (χ1) is 5.09. The van der Waals surface area contributed by atoms with Crippen molar-refractivity contribution in [1.29, 1.82) is 0 Å². The van der Waals surface area contributed by atoms with Crippen LogP contribution in [0.1, 0.15) is 20.8 Å². The van der Waals surface area contributed by atoms with E-state index < -0.39 is 12.2 Å². The van der Waals surface area contributed by atoms with E-state index in [9.17, 15) is 9.18 Å². The third kappa shape index (κ3) is 5.94. The Balaban J connectivity index is 0. The first-order valence-corrected chi connectivity index (χ1v) is 3.69. The molecule has 4 heteroatoms. The Morgan fingerprint density at radius 2 is 1.91 bits per heavy atom. The van der Waals surface area contributed by atoms with Gasteiger partial charge in [-0.1, -0.05) is 13.8 Å². The van der Waals surface area contributed by atoms with Gasteiger partial charge in [0.2, 0.25) is 0 Å². The Bertz CT molecular complexity index is 109. The van der Waals surface area contributed by atoms with E-state index >= 15 is 0 Å². The predicted octanol–water partition coefficient (Wildman–Crippen LogP) is 0.226. The Morgan fingerprint density at radius 1 is 1.55 bits per heavy atom. The fraction of sp³-hybridized carbons (Fsp3) is 0.857. The summed E-state index contributed by atoms with van der Waals surface area (Å²) in [6.07, 6.45) is -1.40. The average molecular weight is 164 g/mol. The van der Waals surface area contributed by atoms with Gasteiger partial charge in [-0.05, 0) is 6.92 Å². The molecule has 2 atom stereocenters. The Morgan fingerprint density at radius 3 is 2.00 bits per heavy atom. The van der Waals surface area contributed by atoms with Gasteiger partial charge in [-0.2, -0.15) is 0 Å². The Labute approximate surface area is 66.9 Å². The van der Waals surface area contributed by atoms with Gasteiger partial charge in [0.05, 0.1) is 6.04 Å². The normalized spacial score (nSPS) is 14.4. The number of carbonyl (C=O) groups is 1. The Hall–Kier alpha value is -0.480. The summed E-state index contributed by atoms with van der Waals surface area (Å²) < 4.78 is 12.3. The molecule has 2 unspecified atom stereocenters. The first kappa shape index (κ1) is 13.1. The summed E-state index contributed by atoms with van der Waals surface area (Å²) in [7, 11) is 0. The maximum absolute atomic E-state index is 12.3. The standard InChI is InChI=1S/C5H11FN2O.C2H6/c1-3(9)5(8)4(6)2-7;1-2/h4-5H,2,7-8H2,1H3;1-2H3. The maximum atomic E-state index is 12.3. The van der Waals surface area contributed by atoms with E-state index in [0.717, 1.165) is 0 Å². The van der Waals surface area contributed by atoms with E-state index in [0.29, 0.717) is 0 Å². The van der Waals surface area contributed by atoms with E-state index in [1.807, 2.05) is 13.8 Å². The molecule has 0 saturated heterocycles. The number of nitrogens with two attached hydrogens (primary N) is 2. The number of alkyl halides is 1. The lowest BCUT2D eigenvalue weighted by atomic mass is 10.1. The smallest absolute Gasteiger partial charge is 0.149 e. The van der Waals surface area contributed by atoms with E-state index in [4.69, 9.17) is 11.5 Å². The molecule has 11 heavy (non-hydrogen) atoms. The van der Waals surface area contributed by atoms with Crippen molar-refractivity contribution in [2.24, 2.45) is 11.5 Å². The molecule has 0 aliphatic heterocycles. The second kappa shape index (κ2) is 7.63. The van der Waals surface area contributed by atoms with Gasteiger partial charge in [-0.15, -0.1) is 0 Å². The molecule has 0 aliphatic rings. The summed E-state index contributed by atoms with van der Waals surface area (Å²) in [4.78, 5) is 10.3. The molecule has 0 radical (unpaired) electrons. The van der Waals surface area contributed by atoms with Crippen LogP contribution in [0.5, 0.6) is 0 Å². The molecule has 0 rings (SSSR count). The fourth-order valence-corrected chi connectivity index (χ4v) is 0.401. The maximum Gasteiger partial charge on any atom is 0.149 e. The largest absolute Gasteiger partial charge is 0.328 e. The van der Waals surface area contributed by atoms with Crippen LogP contribution in [0.4, 0.5) is 4.39 Å². The van der Waals surface area contributed by atoms with Crippen LogP contribution in [-0.2, 0) is 4.79 Å². The van der Waals surface area contributed by atoms with E-state index in [1.165, 1.54) is 6.92 Å². The van der Waals surface area contributed by atoms with E-state index in [1.54, 1.807) is 0 Å². The van der Waals surface area contributed by atoms with Crippen LogP contribution in [0.25, 0.3) is 0 Å². The molecule has 0 aromatic heterocycles. The van der Waals surface area contributed by atoms with Crippen LogP contribution in [0.2, 0.25) is 0 Å². The van der Waals surface area contributed by atoms with Crippen molar-refractivity contribution in [2.75, 3.05) is 6.54 Å². The zero-order chi connectivity index (χ0) is 9.44. The fourth-order valence-electron chi connectivity index (χ4n) is 0.401. The number of ketones is 1. The molecule has 0 spiro atoms. The summed E-state index contributed by atoms with van der Waals surface area (Å²) >= 11 is 0. The van der Waals surface area contributed by atoms with Gasteiger partial charge in [0.25, 0.3) is 0 Å². The van der Waals surface area contributed by atoms with Crippen molar-refractivity contribution in [3.05, 3.63) is 0 Å². The molecular weight excluding hydrogens is 147 g/mol. The van der Waals surface area contributed by atoms with Crippen LogP contribution < -0.4 is 11.5 Å². The van der Waals surface area contributed by atoms with Crippen molar-refractivity contribution < 1.29 is 9.18 Å². The van der Waals surface area contributed by atoms with Crippen LogP contribution in [0, 0.1) is 0 Å². The van der Waals surface area contributed by atoms with Gasteiger partial charge in [0, 0.05) is 6.54 Å². The lowest BCUT2D eigenvalue weighted by Crippen LogP contribution is -2.41. The van der Waals surface area contributed by atoms with Crippen LogP contribution in [-0.4, -0.2) is 24.5 Å². The summed E-state index contributed by atoms with van der Waals surface area (Å²) in [6, 6.07) is -1.05. The molecule has 0 aromatic carbocycles. The zero-order valence-corrected chi connectivity index (χ0v) is 7.30. The van der Waals surface area contributed by atoms with Gasteiger partial charge >= 0.3 is 0 Å². The van der Waals surface area contributed by atoms with E-state index in [2.05, 4.69) is 0 Å². The molecule has 0 heterocycles. The second-order valence-electron chi connectivity index (χ2n) is 1.89. The van der Waals surface area contributed by atoms with Crippen LogP contribution in [0.3, 0.4) is 0 Å². The highest BCUT2D eigenvalue weighted by Crippen LogP contribution is 1.94. The zero-order valence-electron chi connectivity index (χ0n) is 7.30. The van der Waals surface area contributed by atoms with Crippen molar-refractivity contribution in [3.8, 4) is 0 Å². The van der Waals surface area contributed by atoms with Gasteiger partial charge < -0.3 is 11.5 Å². The molecule has 68 valence electrons. The summed E-state index contributed by atoms with van der Waals surface area (Å²) in [5, 5.41) is 0. The van der Waals surface area contributed by atoms with Crippen LogP contribution in [0.15, 0.2) is 0 Å². The monoisotopic (exact) mass is 164 g/mol. The lowest BCUT2D eigenvalue weighted by Gasteiger charge is -2.09. The van der Waals surface area contributed by atoms with Crippen LogP contribution >= 0.6 is 0 Å². The minimum atomic E-state index is -1.40. The predicted molar refractivity (Wildman–Crippen MR) is 44.0 cm³/mol. The number of rotatable bonds is 3.